The monoisotopic (exact) mass is 440 g/mol. The summed E-state index contributed by atoms with van der Waals surface area (Å²) < 4.78 is 41.4. The Morgan fingerprint density at radius 2 is 1.97 bits per heavy atom. The number of aryl methyl sites for hydroxylation is 2. The van der Waals surface area contributed by atoms with E-state index >= 15 is 0 Å². The van der Waals surface area contributed by atoms with Gasteiger partial charge in [0.15, 0.2) is 0 Å². The maximum absolute atomic E-state index is 13.8. The summed E-state index contributed by atoms with van der Waals surface area (Å²) in [5, 5.41) is 12.2. The summed E-state index contributed by atoms with van der Waals surface area (Å²) in [6, 6.07) is 7.55. The SMILES string of the molecule is Cc1cc(C(Nc2ccc(C)c(CN3CCC(C(=O)O)C3)c2)C(F)(F)F)ccc1Cl. The number of carbonyl (C=O) groups is 1. The van der Waals surface area contributed by atoms with Gasteiger partial charge < -0.3 is 10.4 Å². The molecule has 8 heteroatoms. The third-order valence-electron chi connectivity index (χ3n) is 5.52. The van der Waals surface area contributed by atoms with Gasteiger partial charge in [0, 0.05) is 23.8 Å². The van der Waals surface area contributed by atoms with Crippen molar-refractivity contribution in [2.45, 2.75) is 39.0 Å². The van der Waals surface area contributed by atoms with E-state index in [-0.39, 0.29) is 5.56 Å². The topological polar surface area (TPSA) is 52.6 Å². The Hall–Kier alpha value is -2.25. The predicted octanol–water partition coefficient (Wildman–Crippen LogP) is 5.58. The van der Waals surface area contributed by atoms with Crippen LogP contribution in [0.15, 0.2) is 36.4 Å². The van der Waals surface area contributed by atoms with Gasteiger partial charge in [-0.2, -0.15) is 13.2 Å². The van der Waals surface area contributed by atoms with E-state index in [4.69, 9.17) is 16.7 Å². The molecule has 1 heterocycles. The molecule has 4 nitrogen and oxygen atoms in total. The lowest BCUT2D eigenvalue weighted by Gasteiger charge is -2.25. The Kier molecular flexibility index (Phi) is 6.62. The van der Waals surface area contributed by atoms with Crippen molar-refractivity contribution in [3.63, 3.8) is 0 Å². The van der Waals surface area contributed by atoms with Crippen LogP contribution in [0.4, 0.5) is 18.9 Å². The van der Waals surface area contributed by atoms with Gasteiger partial charge in [0.2, 0.25) is 0 Å². The van der Waals surface area contributed by atoms with Gasteiger partial charge in [-0.05, 0) is 67.3 Å². The molecule has 0 saturated carbocycles. The van der Waals surface area contributed by atoms with Crippen molar-refractivity contribution in [1.82, 2.24) is 4.90 Å². The molecular formula is C22H24ClF3N2O2. The largest absolute Gasteiger partial charge is 0.481 e. The fourth-order valence-corrected chi connectivity index (χ4v) is 3.84. The molecule has 2 aromatic rings. The molecule has 0 spiro atoms. The number of alkyl halides is 3. The first kappa shape index (κ1) is 22.4. The molecule has 2 unspecified atom stereocenters. The highest BCUT2D eigenvalue weighted by molar-refractivity contribution is 6.31. The molecule has 0 bridgehead atoms. The van der Waals surface area contributed by atoms with E-state index in [1.165, 1.54) is 18.2 Å². The number of carboxylic acids is 1. The molecule has 2 N–H and O–H groups in total. The van der Waals surface area contributed by atoms with E-state index in [1.54, 1.807) is 25.1 Å². The Morgan fingerprint density at radius 1 is 1.23 bits per heavy atom. The summed E-state index contributed by atoms with van der Waals surface area (Å²) >= 11 is 5.97. The van der Waals surface area contributed by atoms with E-state index in [0.717, 1.165) is 11.1 Å². The second kappa shape index (κ2) is 8.86. The smallest absolute Gasteiger partial charge is 0.412 e. The second-order valence-electron chi connectivity index (χ2n) is 7.83. The van der Waals surface area contributed by atoms with Crippen LogP contribution in [0, 0.1) is 19.8 Å². The second-order valence-corrected chi connectivity index (χ2v) is 8.23. The first-order valence-electron chi connectivity index (χ1n) is 9.68. The van der Waals surface area contributed by atoms with E-state index in [0.29, 0.717) is 42.3 Å². The Balaban J connectivity index is 1.81. The van der Waals surface area contributed by atoms with Crippen LogP contribution in [-0.2, 0) is 11.3 Å². The molecule has 0 aliphatic carbocycles. The van der Waals surface area contributed by atoms with E-state index in [9.17, 15) is 18.0 Å². The first-order valence-corrected chi connectivity index (χ1v) is 10.1. The fraction of sp³-hybridized carbons (Fsp3) is 0.409. The number of halogens is 4. The van der Waals surface area contributed by atoms with Crippen molar-refractivity contribution in [1.29, 1.82) is 0 Å². The number of hydrogen-bond acceptors (Lipinski definition) is 3. The van der Waals surface area contributed by atoms with Crippen molar-refractivity contribution in [3.05, 3.63) is 63.7 Å². The van der Waals surface area contributed by atoms with Crippen LogP contribution in [0.1, 0.15) is 34.7 Å². The molecule has 3 rings (SSSR count). The zero-order valence-corrected chi connectivity index (χ0v) is 17.5. The maximum Gasteiger partial charge on any atom is 0.412 e. The fourth-order valence-electron chi connectivity index (χ4n) is 3.72. The molecule has 0 amide bonds. The number of nitrogens with one attached hydrogen (secondary N) is 1. The van der Waals surface area contributed by atoms with Crippen LogP contribution in [0.5, 0.6) is 0 Å². The summed E-state index contributed by atoms with van der Waals surface area (Å²) in [6.07, 6.45) is -3.91. The van der Waals surface area contributed by atoms with Crippen molar-refractivity contribution < 1.29 is 23.1 Å². The molecule has 1 saturated heterocycles. The molecule has 1 aliphatic rings. The van der Waals surface area contributed by atoms with Gasteiger partial charge in [-0.25, -0.2) is 0 Å². The summed E-state index contributed by atoms with van der Waals surface area (Å²) in [5.74, 6) is -1.20. The number of carboxylic acid groups (broad SMARTS) is 1. The molecule has 1 aliphatic heterocycles. The van der Waals surface area contributed by atoms with Crippen LogP contribution in [-0.4, -0.2) is 35.2 Å². The quantitative estimate of drug-likeness (QED) is 0.615. The average molecular weight is 441 g/mol. The van der Waals surface area contributed by atoms with Crippen LogP contribution in [0.3, 0.4) is 0 Å². The van der Waals surface area contributed by atoms with E-state index in [2.05, 4.69) is 5.32 Å². The maximum atomic E-state index is 13.8. The number of nitrogens with zero attached hydrogens (tertiary/aromatic N) is 1. The van der Waals surface area contributed by atoms with Gasteiger partial charge in [0.05, 0.1) is 5.92 Å². The van der Waals surface area contributed by atoms with Gasteiger partial charge in [0.25, 0.3) is 0 Å². The van der Waals surface area contributed by atoms with E-state index in [1.807, 2.05) is 11.8 Å². The number of benzene rings is 2. The molecule has 2 aromatic carbocycles. The number of rotatable bonds is 6. The standard InChI is InChI=1S/C22H24ClF3N2O2/c1-13-3-5-18(10-17(13)12-28-8-7-16(11-28)21(29)30)27-20(22(24,25)26)15-4-6-19(23)14(2)9-15/h3-6,9-10,16,20,27H,7-8,11-12H2,1-2H3,(H,29,30). The Bertz CT molecular complexity index is 933. The van der Waals surface area contributed by atoms with Gasteiger partial charge >= 0.3 is 12.1 Å². The minimum Gasteiger partial charge on any atom is -0.481 e. The summed E-state index contributed by atoms with van der Waals surface area (Å²) in [5.41, 5.74) is 2.86. The van der Waals surface area contributed by atoms with Crippen molar-refractivity contribution in [2.75, 3.05) is 18.4 Å². The molecule has 1 fully saturated rings. The van der Waals surface area contributed by atoms with Crippen molar-refractivity contribution in [3.8, 4) is 0 Å². The highest BCUT2D eigenvalue weighted by Gasteiger charge is 2.41. The van der Waals surface area contributed by atoms with Gasteiger partial charge in [0.1, 0.15) is 6.04 Å². The molecular weight excluding hydrogens is 417 g/mol. The normalized spacial score (nSPS) is 18.4. The third kappa shape index (κ3) is 5.26. The predicted molar refractivity (Wildman–Crippen MR) is 111 cm³/mol. The first-order chi connectivity index (χ1) is 14.0. The van der Waals surface area contributed by atoms with Crippen LogP contribution < -0.4 is 5.32 Å². The van der Waals surface area contributed by atoms with Gasteiger partial charge in [-0.1, -0.05) is 29.8 Å². The number of likely N-dealkylation sites (tertiary alicyclic amines) is 1. The lowest BCUT2D eigenvalue weighted by Crippen LogP contribution is -2.28. The van der Waals surface area contributed by atoms with Crippen molar-refractivity contribution >= 4 is 23.3 Å². The van der Waals surface area contributed by atoms with Crippen molar-refractivity contribution in [2.24, 2.45) is 5.92 Å². The lowest BCUT2D eigenvalue weighted by atomic mass is 10.0. The molecule has 0 aromatic heterocycles. The van der Waals surface area contributed by atoms with Crippen LogP contribution in [0.2, 0.25) is 5.02 Å². The minimum absolute atomic E-state index is 0.0929. The molecule has 2 atom stereocenters. The minimum atomic E-state index is -4.49. The summed E-state index contributed by atoms with van der Waals surface area (Å²) in [7, 11) is 0. The summed E-state index contributed by atoms with van der Waals surface area (Å²) in [4.78, 5) is 13.2. The van der Waals surface area contributed by atoms with Gasteiger partial charge in [-0.15, -0.1) is 0 Å². The highest BCUT2D eigenvalue weighted by Crippen LogP contribution is 2.37. The Labute approximate surface area is 178 Å². The molecule has 0 radical (unpaired) electrons. The summed E-state index contributed by atoms with van der Waals surface area (Å²) in [6.45, 7) is 5.17. The third-order valence-corrected chi connectivity index (χ3v) is 5.94. The number of anilines is 1. The van der Waals surface area contributed by atoms with E-state index < -0.39 is 24.1 Å². The average Bonchev–Trinajstić information content (AvgIpc) is 3.12. The molecule has 30 heavy (non-hydrogen) atoms. The zero-order chi connectivity index (χ0) is 22.1. The van der Waals surface area contributed by atoms with Gasteiger partial charge in [-0.3, -0.25) is 9.69 Å². The lowest BCUT2D eigenvalue weighted by molar-refractivity contribution is -0.144. The number of hydrogen-bond donors (Lipinski definition) is 2. The Morgan fingerprint density at radius 3 is 2.57 bits per heavy atom. The van der Waals surface area contributed by atoms with Crippen LogP contribution in [0.25, 0.3) is 0 Å². The number of aliphatic carboxylic acids is 1. The molecule has 162 valence electrons. The zero-order valence-electron chi connectivity index (χ0n) is 16.8. The van der Waals surface area contributed by atoms with Crippen LogP contribution >= 0.6 is 11.6 Å². The highest BCUT2D eigenvalue weighted by atomic mass is 35.5.